The van der Waals surface area contributed by atoms with Gasteiger partial charge in [0, 0.05) is 12.7 Å². The highest BCUT2D eigenvalue weighted by Gasteiger charge is 2.05. The van der Waals surface area contributed by atoms with E-state index in [0.29, 0.717) is 25.3 Å². The number of benzene rings is 1. The van der Waals surface area contributed by atoms with Gasteiger partial charge in [-0.15, -0.1) is 0 Å². The lowest BCUT2D eigenvalue weighted by Gasteiger charge is -2.10. The first kappa shape index (κ1) is 13.9. The van der Waals surface area contributed by atoms with Crippen LogP contribution in [0.1, 0.15) is 17.5 Å². The van der Waals surface area contributed by atoms with Crippen LogP contribution in [0.5, 0.6) is 5.75 Å². The fraction of sp³-hybridized carbons (Fsp3) is 0.250. The van der Waals surface area contributed by atoms with Gasteiger partial charge < -0.3 is 9.30 Å². The molecule has 0 bridgehead atoms. The summed E-state index contributed by atoms with van der Waals surface area (Å²) < 4.78 is 7.10. The highest BCUT2D eigenvalue weighted by molar-refractivity contribution is 5.26. The maximum Gasteiger partial charge on any atom is 0.292 e. The Hall–Kier alpha value is -2.54. The Labute approximate surface area is 117 Å². The average Bonchev–Trinajstić information content (AvgIpc) is 2.46. The smallest absolute Gasteiger partial charge is 0.292 e. The Bertz CT molecular complexity index is 683. The molecule has 20 heavy (non-hydrogen) atoms. The molecule has 2 rings (SSSR count). The number of pyridine rings is 1. The van der Waals surface area contributed by atoms with Gasteiger partial charge in [-0.3, -0.25) is 4.79 Å². The molecular weight excluding hydrogens is 252 g/mol. The number of nitrogens with zero attached hydrogens (tertiary/aromatic N) is 2. The lowest BCUT2D eigenvalue weighted by molar-refractivity contribution is 0.298. The second kappa shape index (κ2) is 6.58. The predicted octanol–water partition coefficient (Wildman–Crippen LogP) is 2.65. The van der Waals surface area contributed by atoms with Crippen molar-refractivity contribution in [2.24, 2.45) is 0 Å². The number of aryl methyl sites for hydroxylation is 2. The van der Waals surface area contributed by atoms with Crippen molar-refractivity contribution in [3.63, 3.8) is 0 Å². The molecule has 0 aliphatic rings. The first-order valence-electron chi connectivity index (χ1n) is 6.46. The van der Waals surface area contributed by atoms with E-state index in [4.69, 9.17) is 10.00 Å². The van der Waals surface area contributed by atoms with Crippen LogP contribution >= 0.6 is 0 Å². The quantitative estimate of drug-likeness (QED) is 0.837. The monoisotopic (exact) mass is 268 g/mol. The van der Waals surface area contributed by atoms with E-state index in [-0.39, 0.29) is 5.56 Å². The van der Waals surface area contributed by atoms with Crippen LogP contribution in [-0.2, 0) is 13.2 Å². The van der Waals surface area contributed by atoms with E-state index in [1.807, 2.05) is 37.3 Å². The second-order valence-electron chi connectivity index (χ2n) is 4.49. The van der Waals surface area contributed by atoms with Gasteiger partial charge in [0.15, 0.2) is 5.75 Å². The van der Waals surface area contributed by atoms with Crippen LogP contribution in [0.15, 0.2) is 47.4 Å². The summed E-state index contributed by atoms with van der Waals surface area (Å²) in [6.45, 7) is 2.76. The van der Waals surface area contributed by atoms with Crippen molar-refractivity contribution < 1.29 is 4.74 Å². The van der Waals surface area contributed by atoms with Crippen LogP contribution in [-0.4, -0.2) is 4.57 Å². The Morgan fingerprint density at radius 1 is 1.25 bits per heavy atom. The molecular formula is C16H16N2O2. The molecule has 0 spiro atoms. The molecule has 2 aromatic rings. The van der Waals surface area contributed by atoms with E-state index in [9.17, 15) is 4.79 Å². The number of hydrogen-bond acceptors (Lipinski definition) is 3. The van der Waals surface area contributed by atoms with Crippen molar-refractivity contribution in [2.45, 2.75) is 26.5 Å². The van der Waals surface area contributed by atoms with Crippen molar-refractivity contribution in [3.05, 3.63) is 64.1 Å². The molecule has 0 saturated carbocycles. The molecule has 1 heterocycles. The third-order valence-electron chi connectivity index (χ3n) is 3.09. The molecule has 4 nitrogen and oxygen atoms in total. The number of ether oxygens (including phenoxy) is 1. The van der Waals surface area contributed by atoms with Crippen LogP contribution < -0.4 is 10.3 Å². The van der Waals surface area contributed by atoms with Gasteiger partial charge in [0.25, 0.3) is 5.56 Å². The minimum absolute atomic E-state index is 0.198. The van der Waals surface area contributed by atoms with Crippen LogP contribution in [0.3, 0.4) is 0 Å². The maximum atomic E-state index is 12.1. The number of aromatic nitrogens is 1. The number of rotatable bonds is 5. The molecule has 0 aliphatic heterocycles. The summed E-state index contributed by atoms with van der Waals surface area (Å²) in [6.07, 6.45) is 1.97. The van der Waals surface area contributed by atoms with Crippen molar-refractivity contribution in [1.29, 1.82) is 5.26 Å². The Kier molecular flexibility index (Phi) is 4.56. The third kappa shape index (κ3) is 3.27. The minimum atomic E-state index is -0.198. The highest BCUT2D eigenvalue weighted by Crippen LogP contribution is 2.11. The zero-order chi connectivity index (χ0) is 14.4. The molecule has 102 valence electrons. The van der Waals surface area contributed by atoms with Gasteiger partial charge in [-0.1, -0.05) is 24.3 Å². The largest absolute Gasteiger partial charge is 0.483 e. The molecule has 0 fully saturated rings. The van der Waals surface area contributed by atoms with E-state index in [0.717, 1.165) is 11.1 Å². The zero-order valence-corrected chi connectivity index (χ0v) is 11.4. The van der Waals surface area contributed by atoms with Crippen LogP contribution in [0.25, 0.3) is 0 Å². The van der Waals surface area contributed by atoms with Gasteiger partial charge >= 0.3 is 0 Å². The fourth-order valence-electron chi connectivity index (χ4n) is 1.90. The zero-order valence-electron chi connectivity index (χ0n) is 11.4. The first-order valence-corrected chi connectivity index (χ1v) is 6.46. The molecule has 0 N–H and O–H groups in total. The van der Waals surface area contributed by atoms with Crippen molar-refractivity contribution in [1.82, 2.24) is 4.57 Å². The molecule has 4 heteroatoms. The minimum Gasteiger partial charge on any atom is -0.483 e. The molecule has 0 amide bonds. The second-order valence-corrected chi connectivity index (χ2v) is 4.49. The van der Waals surface area contributed by atoms with Crippen LogP contribution in [0.2, 0.25) is 0 Å². The van der Waals surface area contributed by atoms with E-state index >= 15 is 0 Å². The van der Waals surface area contributed by atoms with Crippen LogP contribution in [0.4, 0.5) is 0 Å². The van der Waals surface area contributed by atoms with E-state index < -0.39 is 0 Å². The molecule has 0 atom stereocenters. The fourth-order valence-corrected chi connectivity index (χ4v) is 1.90. The summed E-state index contributed by atoms with van der Waals surface area (Å²) in [5.41, 5.74) is 1.99. The van der Waals surface area contributed by atoms with Gasteiger partial charge in [0.2, 0.25) is 0 Å². The molecule has 0 radical (unpaired) electrons. The van der Waals surface area contributed by atoms with Gasteiger partial charge in [0.05, 0.1) is 12.5 Å². The van der Waals surface area contributed by atoms with Gasteiger partial charge in [0.1, 0.15) is 6.61 Å². The Morgan fingerprint density at radius 3 is 2.80 bits per heavy atom. The number of hydrogen-bond donors (Lipinski definition) is 0. The van der Waals surface area contributed by atoms with Gasteiger partial charge in [-0.25, -0.2) is 0 Å². The number of nitriles is 1. The summed E-state index contributed by atoms with van der Waals surface area (Å²) in [4.78, 5) is 12.1. The van der Waals surface area contributed by atoms with Gasteiger partial charge in [-0.2, -0.15) is 5.26 Å². The normalized spacial score (nSPS) is 10.0. The van der Waals surface area contributed by atoms with Crippen molar-refractivity contribution >= 4 is 0 Å². The SMILES string of the molecule is Cc1ccccc1COc1cccn(CCC#N)c1=O. The van der Waals surface area contributed by atoms with E-state index in [1.165, 1.54) is 4.57 Å². The summed E-state index contributed by atoms with van der Waals surface area (Å²) in [7, 11) is 0. The Balaban J connectivity index is 2.13. The summed E-state index contributed by atoms with van der Waals surface area (Å²) in [6, 6.07) is 13.3. The molecule has 1 aromatic heterocycles. The summed E-state index contributed by atoms with van der Waals surface area (Å²) in [5, 5.41) is 8.57. The third-order valence-corrected chi connectivity index (χ3v) is 3.09. The molecule has 0 unspecified atom stereocenters. The van der Waals surface area contributed by atoms with Crippen molar-refractivity contribution in [3.8, 4) is 11.8 Å². The predicted molar refractivity (Wildman–Crippen MR) is 76.4 cm³/mol. The highest BCUT2D eigenvalue weighted by atomic mass is 16.5. The lowest BCUT2D eigenvalue weighted by atomic mass is 10.1. The van der Waals surface area contributed by atoms with Crippen molar-refractivity contribution in [2.75, 3.05) is 0 Å². The summed E-state index contributed by atoms with van der Waals surface area (Å²) in [5.74, 6) is 0.314. The first-order chi connectivity index (χ1) is 9.72. The van der Waals surface area contributed by atoms with E-state index in [2.05, 4.69) is 0 Å². The molecule has 0 aliphatic carbocycles. The van der Waals surface area contributed by atoms with Gasteiger partial charge in [-0.05, 0) is 30.2 Å². The van der Waals surface area contributed by atoms with E-state index in [1.54, 1.807) is 18.3 Å². The standard InChI is InChI=1S/C16H16N2O2/c1-13-6-2-3-7-14(13)12-20-15-8-4-10-18(16(15)19)11-5-9-17/h2-4,6-8,10H,5,11-12H2,1H3. The lowest BCUT2D eigenvalue weighted by Crippen LogP contribution is -2.21. The average molecular weight is 268 g/mol. The Morgan fingerprint density at radius 2 is 2.05 bits per heavy atom. The molecule has 0 saturated heterocycles. The maximum absolute atomic E-state index is 12.1. The topological polar surface area (TPSA) is 55.0 Å². The van der Waals surface area contributed by atoms with Crippen LogP contribution in [0, 0.1) is 18.3 Å². The molecule has 1 aromatic carbocycles. The summed E-state index contributed by atoms with van der Waals surface area (Å²) >= 11 is 0.